The van der Waals surface area contributed by atoms with Crippen LogP contribution in [0.25, 0.3) is 11.0 Å². The van der Waals surface area contributed by atoms with Gasteiger partial charge in [-0.1, -0.05) is 6.07 Å². The van der Waals surface area contributed by atoms with Crippen LogP contribution in [0.4, 0.5) is 19.1 Å². The third kappa shape index (κ3) is 2.48. The van der Waals surface area contributed by atoms with Gasteiger partial charge < -0.3 is 4.98 Å². The van der Waals surface area contributed by atoms with E-state index in [1.807, 2.05) is 13.0 Å². The van der Waals surface area contributed by atoms with Crippen molar-refractivity contribution in [2.45, 2.75) is 26.9 Å². The molecule has 0 aliphatic heterocycles. The molecule has 2 rings (SSSR count). The third-order valence-electron chi connectivity index (χ3n) is 3.15. The Hall–Kier alpha value is -2.05. The lowest BCUT2D eigenvalue weighted by atomic mass is 9.92. The van der Waals surface area contributed by atoms with Crippen LogP contribution in [0.3, 0.4) is 0 Å². The van der Waals surface area contributed by atoms with Gasteiger partial charge in [-0.05, 0) is 38.5 Å². The molecule has 20 heavy (non-hydrogen) atoms. The summed E-state index contributed by atoms with van der Waals surface area (Å²) in [6, 6.07) is 5.35. The van der Waals surface area contributed by atoms with Crippen LogP contribution >= 0.6 is 0 Å². The largest absolute Gasteiger partial charge is 0.402 e. The predicted molar refractivity (Wildman–Crippen MR) is 69.3 cm³/mol. The van der Waals surface area contributed by atoms with Crippen molar-refractivity contribution < 1.29 is 18.0 Å². The van der Waals surface area contributed by atoms with Gasteiger partial charge in [0.05, 0.1) is 11.0 Å². The molecule has 0 atom stereocenters. The van der Waals surface area contributed by atoms with Crippen LogP contribution < -0.4 is 5.32 Å². The number of carbonyl (C=O) groups excluding carboxylic acids is 1. The molecule has 4 nitrogen and oxygen atoms in total. The van der Waals surface area contributed by atoms with E-state index >= 15 is 0 Å². The van der Waals surface area contributed by atoms with Crippen molar-refractivity contribution in [3.63, 3.8) is 0 Å². The Balaban J connectivity index is 2.26. The Morgan fingerprint density at radius 3 is 2.55 bits per heavy atom. The second-order valence-corrected chi connectivity index (χ2v) is 5.18. The van der Waals surface area contributed by atoms with Crippen LogP contribution in [0, 0.1) is 12.3 Å². The molecule has 0 radical (unpaired) electrons. The fourth-order valence-electron chi connectivity index (χ4n) is 1.58. The molecule has 0 unspecified atom stereocenters. The van der Waals surface area contributed by atoms with Gasteiger partial charge in [0.15, 0.2) is 0 Å². The number of benzene rings is 1. The maximum atomic E-state index is 12.8. The first-order valence-corrected chi connectivity index (χ1v) is 5.96. The molecule has 2 aromatic rings. The zero-order valence-corrected chi connectivity index (χ0v) is 11.2. The molecule has 1 heterocycles. The highest BCUT2D eigenvalue weighted by atomic mass is 19.4. The number of carbonyl (C=O) groups is 1. The van der Waals surface area contributed by atoms with Crippen molar-refractivity contribution in [3.05, 3.63) is 23.8 Å². The molecule has 0 saturated carbocycles. The Bertz CT molecular complexity index is 658. The minimum Gasteiger partial charge on any atom is -0.324 e. The number of alkyl halides is 3. The molecule has 1 aromatic heterocycles. The van der Waals surface area contributed by atoms with Gasteiger partial charge >= 0.3 is 6.18 Å². The molecule has 7 heteroatoms. The summed E-state index contributed by atoms with van der Waals surface area (Å²) in [5, 5.41) is 2.17. The number of halogens is 3. The van der Waals surface area contributed by atoms with E-state index in [1.54, 1.807) is 12.1 Å². The van der Waals surface area contributed by atoms with Crippen LogP contribution in [0.5, 0.6) is 0 Å². The first kappa shape index (κ1) is 14.4. The molecule has 0 saturated heterocycles. The fourth-order valence-corrected chi connectivity index (χ4v) is 1.58. The van der Waals surface area contributed by atoms with E-state index in [1.165, 1.54) is 0 Å². The van der Waals surface area contributed by atoms with Gasteiger partial charge in [-0.15, -0.1) is 0 Å². The summed E-state index contributed by atoms with van der Waals surface area (Å²) < 4.78 is 38.3. The lowest BCUT2D eigenvalue weighted by molar-refractivity contribution is -0.208. The van der Waals surface area contributed by atoms with E-state index in [0.717, 1.165) is 19.4 Å². The second-order valence-electron chi connectivity index (χ2n) is 5.18. The molecule has 1 amide bonds. The zero-order chi connectivity index (χ0) is 15.1. The summed E-state index contributed by atoms with van der Waals surface area (Å²) in [4.78, 5) is 18.5. The minimum absolute atomic E-state index is 0.00734. The van der Waals surface area contributed by atoms with E-state index in [9.17, 15) is 18.0 Å². The zero-order valence-electron chi connectivity index (χ0n) is 11.2. The number of nitrogens with zero attached hydrogens (tertiary/aromatic N) is 1. The lowest BCUT2D eigenvalue weighted by Crippen LogP contribution is -2.43. The van der Waals surface area contributed by atoms with Gasteiger partial charge in [-0.2, -0.15) is 13.2 Å². The molecule has 1 aromatic carbocycles. The van der Waals surface area contributed by atoms with Crippen LogP contribution in [0.1, 0.15) is 19.4 Å². The van der Waals surface area contributed by atoms with E-state index in [-0.39, 0.29) is 5.95 Å². The van der Waals surface area contributed by atoms with Gasteiger partial charge in [0.2, 0.25) is 11.9 Å². The summed E-state index contributed by atoms with van der Waals surface area (Å²) in [6.07, 6.45) is -4.63. The summed E-state index contributed by atoms with van der Waals surface area (Å²) >= 11 is 0. The Labute approximate surface area is 113 Å². The molecule has 2 N–H and O–H groups in total. The fraction of sp³-hybridized carbons (Fsp3) is 0.385. The van der Waals surface area contributed by atoms with Gasteiger partial charge in [0.1, 0.15) is 5.41 Å². The Morgan fingerprint density at radius 2 is 1.95 bits per heavy atom. The average Bonchev–Trinajstić information content (AvgIpc) is 2.68. The smallest absolute Gasteiger partial charge is 0.324 e. The summed E-state index contributed by atoms with van der Waals surface area (Å²) in [5.74, 6) is -1.14. The minimum atomic E-state index is -4.63. The van der Waals surface area contributed by atoms with E-state index in [2.05, 4.69) is 15.3 Å². The predicted octanol–water partition coefficient (Wildman–Crippen LogP) is 3.40. The number of hydrogen-bond acceptors (Lipinski definition) is 2. The average molecular weight is 285 g/mol. The van der Waals surface area contributed by atoms with Crippen molar-refractivity contribution in [2.75, 3.05) is 5.32 Å². The monoisotopic (exact) mass is 285 g/mol. The molecule has 0 spiro atoms. The second kappa shape index (κ2) is 4.50. The number of aromatic amines is 1. The Kier molecular flexibility index (Phi) is 3.23. The molecule has 0 fully saturated rings. The van der Waals surface area contributed by atoms with E-state index in [4.69, 9.17) is 0 Å². The standard InChI is InChI=1S/C13H14F3N3O/c1-7-4-5-8-9(6-7)18-11(17-8)19-10(20)12(2,3)13(14,15)16/h4-6H,1-3H3,(H2,17,18,19,20). The summed E-state index contributed by atoms with van der Waals surface area (Å²) in [7, 11) is 0. The molecule has 0 bridgehead atoms. The number of fused-ring (bicyclic) bond motifs is 1. The SMILES string of the molecule is Cc1ccc2nc(NC(=O)C(C)(C)C(F)(F)F)[nH]c2c1. The number of amides is 1. The number of nitrogens with one attached hydrogen (secondary N) is 2. The molecule has 0 aliphatic rings. The van der Waals surface area contributed by atoms with Gasteiger partial charge in [-0.3, -0.25) is 10.1 Å². The maximum Gasteiger partial charge on any atom is 0.402 e. The van der Waals surface area contributed by atoms with Crippen molar-refractivity contribution >= 4 is 22.9 Å². The normalized spacial score (nSPS) is 12.7. The van der Waals surface area contributed by atoms with Crippen LogP contribution in [-0.2, 0) is 4.79 Å². The number of rotatable bonds is 2. The van der Waals surface area contributed by atoms with Crippen molar-refractivity contribution in [2.24, 2.45) is 5.41 Å². The first-order chi connectivity index (χ1) is 9.11. The van der Waals surface area contributed by atoms with Crippen molar-refractivity contribution in [1.29, 1.82) is 0 Å². The number of anilines is 1. The van der Waals surface area contributed by atoms with Gasteiger partial charge in [0, 0.05) is 0 Å². The highest BCUT2D eigenvalue weighted by molar-refractivity contribution is 5.95. The van der Waals surface area contributed by atoms with Crippen molar-refractivity contribution in [1.82, 2.24) is 9.97 Å². The Morgan fingerprint density at radius 1 is 1.30 bits per heavy atom. The van der Waals surface area contributed by atoms with Gasteiger partial charge in [-0.25, -0.2) is 4.98 Å². The number of H-pyrrole nitrogens is 1. The summed E-state index contributed by atoms with van der Waals surface area (Å²) in [6.45, 7) is 3.54. The quantitative estimate of drug-likeness (QED) is 0.888. The highest BCUT2D eigenvalue weighted by Gasteiger charge is 2.53. The molecule has 0 aliphatic carbocycles. The van der Waals surface area contributed by atoms with E-state index < -0.39 is 17.5 Å². The number of aromatic nitrogens is 2. The summed E-state index contributed by atoms with van der Waals surface area (Å²) in [5.41, 5.74) is -0.266. The topological polar surface area (TPSA) is 57.8 Å². The van der Waals surface area contributed by atoms with Crippen LogP contribution in [0.15, 0.2) is 18.2 Å². The molecular formula is C13H14F3N3O. The van der Waals surface area contributed by atoms with Crippen LogP contribution in [0.2, 0.25) is 0 Å². The number of imidazole rings is 1. The highest BCUT2D eigenvalue weighted by Crippen LogP contribution is 2.38. The van der Waals surface area contributed by atoms with Crippen molar-refractivity contribution in [3.8, 4) is 0 Å². The number of aryl methyl sites for hydroxylation is 1. The molecule has 108 valence electrons. The molecular weight excluding hydrogens is 271 g/mol. The number of hydrogen-bond donors (Lipinski definition) is 2. The maximum absolute atomic E-state index is 12.8. The van der Waals surface area contributed by atoms with Gasteiger partial charge in [0.25, 0.3) is 0 Å². The third-order valence-corrected chi connectivity index (χ3v) is 3.15. The lowest BCUT2D eigenvalue weighted by Gasteiger charge is -2.25. The first-order valence-electron chi connectivity index (χ1n) is 5.96. The van der Waals surface area contributed by atoms with Crippen LogP contribution in [-0.4, -0.2) is 22.1 Å². The van der Waals surface area contributed by atoms with E-state index in [0.29, 0.717) is 11.0 Å².